The molecule has 1 aromatic rings. The van der Waals surface area contributed by atoms with Crippen LogP contribution in [0.15, 0.2) is 23.1 Å². The number of nitrogens with zero attached hydrogens (tertiary/aromatic N) is 2. The van der Waals surface area contributed by atoms with Crippen LogP contribution in [0.5, 0.6) is 0 Å². The predicted octanol–water partition coefficient (Wildman–Crippen LogP) is 1.99. The lowest BCUT2D eigenvalue weighted by atomic mass is 10.2. The Hall–Kier alpha value is -1.77. The van der Waals surface area contributed by atoms with Crippen molar-refractivity contribution in [2.45, 2.75) is 35.5 Å². The van der Waals surface area contributed by atoms with Crippen LogP contribution in [0.4, 0.5) is 5.69 Å². The van der Waals surface area contributed by atoms with Gasteiger partial charge >= 0.3 is 0 Å². The van der Waals surface area contributed by atoms with Crippen LogP contribution < -0.4 is 5.32 Å². The van der Waals surface area contributed by atoms with Gasteiger partial charge in [0.1, 0.15) is 6.10 Å². The van der Waals surface area contributed by atoms with E-state index in [0.29, 0.717) is 43.5 Å². The summed E-state index contributed by atoms with van der Waals surface area (Å²) in [4.78, 5) is 41.9. The monoisotopic (exact) mass is 423 g/mol. The number of nitrogens with one attached hydrogen (secondary N) is 1. The molecule has 1 aromatic carbocycles. The van der Waals surface area contributed by atoms with Crippen molar-refractivity contribution in [2.24, 2.45) is 0 Å². The second-order valence-corrected chi connectivity index (χ2v) is 8.83. The van der Waals surface area contributed by atoms with Crippen LogP contribution in [0.25, 0.3) is 0 Å². The van der Waals surface area contributed by atoms with Crippen molar-refractivity contribution in [3.63, 3.8) is 0 Å². The van der Waals surface area contributed by atoms with Crippen molar-refractivity contribution >= 4 is 46.8 Å². The highest BCUT2D eigenvalue weighted by Crippen LogP contribution is 2.38. The maximum Gasteiger partial charge on any atom is 0.251 e. The van der Waals surface area contributed by atoms with E-state index < -0.39 is 5.25 Å². The first-order valence-electron chi connectivity index (χ1n) is 9.46. The third kappa shape index (κ3) is 4.14. The molecule has 3 aliphatic rings. The van der Waals surface area contributed by atoms with Crippen molar-refractivity contribution in [3.05, 3.63) is 23.2 Å². The Balaban J connectivity index is 1.30. The fourth-order valence-corrected chi connectivity index (χ4v) is 4.95. The average molecular weight is 424 g/mol. The Morgan fingerprint density at radius 2 is 1.96 bits per heavy atom. The lowest BCUT2D eigenvalue weighted by molar-refractivity contribution is -0.146. The summed E-state index contributed by atoms with van der Waals surface area (Å²) < 4.78 is 5.46. The van der Waals surface area contributed by atoms with Crippen molar-refractivity contribution in [1.29, 1.82) is 0 Å². The quantitative estimate of drug-likeness (QED) is 0.804. The molecule has 2 atom stereocenters. The summed E-state index contributed by atoms with van der Waals surface area (Å²) in [6.07, 6.45) is 1.51. The number of amides is 3. The smallest absolute Gasteiger partial charge is 0.251 e. The van der Waals surface area contributed by atoms with Crippen LogP contribution in [0.1, 0.15) is 19.3 Å². The number of carbonyl (C=O) groups is 3. The van der Waals surface area contributed by atoms with Gasteiger partial charge in [-0.2, -0.15) is 0 Å². The number of hydrogen-bond donors (Lipinski definition) is 1. The molecule has 0 bridgehead atoms. The Kier molecular flexibility index (Phi) is 5.80. The lowest BCUT2D eigenvalue weighted by Gasteiger charge is -2.36. The first kappa shape index (κ1) is 19.5. The molecule has 4 rings (SSSR count). The zero-order valence-electron chi connectivity index (χ0n) is 15.4. The first-order chi connectivity index (χ1) is 13.5. The Morgan fingerprint density at radius 3 is 2.68 bits per heavy atom. The van der Waals surface area contributed by atoms with Crippen LogP contribution in [0.3, 0.4) is 0 Å². The molecule has 28 heavy (non-hydrogen) atoms. The third-order valence-electron chi connectivity index (χ3n) is 5.27. The van der Waals surface area contributed by atoms with E-state index in [1.165, 1.54) is 11.8 Å². The molecule has 3 heterocycles. The van der Waals surface area contributed by atoms with Gasteiger partial charge in [0.15, 0.2) is 0 Å². The van der Waals surface area contributed by atoms with Crippen molar-refractivity contribution in [1.82, 2.24) is 9.80 Å². The van der Waals surface area contributed by atoms with Gasteiger partial charge in [0, 0.05) is 49.1 Å². The number of piperazine rings is 1. The second kappa shape index (κ2) is 8.31. The molecule has 0 spiro atoms. The van der Waals surface area contributed by atoms with E-state index in [0.717, 1.165) is 17.7 Å². The zero-order valence-corrected chi connectivity index (χ0v) is 16.9. The second-order valence-electron chi connectivity index (χ2n) is 7.15. The molecule has 0 aliphatic carbocycles. The summed E-state index contributed by atoms with van der Waals surface area (Å²) in [7, 11) is 0. The number of benzene rings is 1. The normalized spacial score (nSPS) is 24.7. The number of hydrogen-bond acceptors (Lipinski definition) is 5. The minimum atomic E-state index is -0.465. The van der Waals surface area contributed by atoms with Crippen molar-refractivity contribution < 1.29 is 19.1 Å². The summed E-state index contributed by atoms with van der Waals surface area (Å²) in [5.41, 5.74) is 0.687. The predicted molar refractivity (Wildman–Crippen MR) is 106 cm³/mol. The minimum absolute atomic E-state index is 0.0297. The van der Waals surface area contributed by atoms with E-state index in [9.17, 15) is 14.4 Å². The number of thioether (sulfide) groups is 1. The van der Waals surface area contributed by atoms with Gasteiger partial charge in [0.05, 0.1) is 10.9 Å². The van der Waals surface area contributed by atoms with E-state index in [2.05, 4.69) is 5.32 Å². The molecule has 7 nitrogen and oxygen atoms in total. The lowest BCUT2D eigenvalue weighted by Crippen LogP contribution is -2.53. The molecule has 0 radical (unpaired) electrons. The van der Waals surface area contributed by atoms with Gasteiger partial charge in [0.2, 0.25) is 11.8 Å². The zero-order chi connectivity index (χ0) is 19.7. The Morgan fingerprint density at radius 1 is 1.21 bits per heavy atom. The van der Waals surface area contributed by atoms with E-state index in [1.54, 1.807) is 21.9 Å². The molecule has 2 fully saturated rings. The Bertz CT molecular complexity index is 791. The summed E-state index contributed by atoms with van der Waals surface area (Å²) in [6, 6.07) is 5.34. The molecule has 1 N–H and O–H groups in total. The maximum atomic E-state index is 12.7. The largest absolute Gasteiger partial charge is 0.368 e. The van der Waals surface area contributed by atoms with Gasteiger partial charge in [-0.05, 0) is 31.0 Å². The maximum absolute atomic E-state index is 12.7. The highest BCUT2D eigenvalue weighted by Gasteiger charge is 2.34. The summed E-state index contributed by atoms with van der Waals surface area (Å²) >= 11 is 7.35. The number of fused-ring (bicyclic) bond motifs is 1. The topological polar surface area (TPSA) is 79.0 Å². The standard InChI is InChI=1S/C19H22ClN3O4S/c20-12-3-4-15-13(10-12)21-18(25)16(28-15)11-17(24)22-5-7-23(8-6-22)19(26)14-2-1-9-27-14/h3-4,10,14,16H,1-2,5-9,11H2,(H,21,25). The summed E-state index contributed by atoms with van der Waals surface area (Å²) in [5, 5.41) is 2.93. The molecule has 2 saturated heterocycles. The van der Waals surface area contributed by atoms with Gasteiger partial charge in [-0.25, -0.2) is 0 Å². The van der Waals surface area contributed by atoms with Crippen molar-refractivity contribution in [3.8, 4) is 0 Å². The molecule has 0 aromatic heterocycles. The van der Waals surface area contributed by atoms with E-state index in [4.69, 9.17) is 16.3 Å². The first-order valence-corrected chi connectivity index (χ1v) is 10.7. The fraction of sp³-hybridized carbons (Fsp3) is 0.526. The average Bonchev–Trinajstić information content (AvgIpc) is 3.23. The van der Waals surface area contributed by atoms with Crippen LogP contribution in [-0.2, 0) is 19.1 Å². The van der Waals surface area contributed by atoms with E-state index in [-0.39, 0.29) is 30.2 Å². The number of carbonyl (C=O) groups excluding carboxylic acids is 3. The number of rotatable bonds is 3. The third-order valence-corrected chi connectivity index (χ3v) is 6.78. The fourth-order valence-electron chi connectivity index (χ4n) is 3.70. The number of halogens is 1. The van der Waals surface area contributed by atoms with Crippen LogP contribution in [0, 0.1) is 0 Å². The van der Waals surface area contributed by atoms with Crippen molar-refractivity contribution in [2.75, 3.05) is 38.1 Å². The summed E-state index contributed by atoms with van der Waals surface area (Å²) in [6.45, 7) is 2.64. The highest BCUT2D eigenvalue weighted by molar-refractivity contribution is 8.01. The van der Waals surface area contributed by atoms with Crippen LogP contribution in [0.2, 0.25) is 5.02 Å². The minimum Gasteiger partial charge on any atom is -0.368 e. The van der Waals surface area contributed by atoms with E-state index in [1.807, 2.05) is 6.07 Å². The summed E-state index contributed by atoms with van der Waals surface area (Å²) in [5.74, 6) is -0.211. The van der Waals surface area contributed by atoms with Gasteiger partial charge in [-0.15, -0.1) is 11.8 Å². The molecule has 9 heteroatoms. The highest BCUT2D eigenvalue weighted by atomic mass is 35.5. The molecule has 0 saturated carbocycles. The van der Waals surface area contributed by atoms with Gasteiger partial charge in [-0.1, -0.05) is 11.6 Å². The van der Waals surface area contributed by atoms with E-state index >= 15 is 0 Å². The number of anilines is 1. The van der Waals surface area contributed by atoms with Crippen LogP contribution in [-0.4, -0.2) is 71.7 Å². The molecular formula is C19H22ClN3O4S. The molecule has 3 aliphatic heterocycles. The van der Waals surface area contributed by atoms with Gasteiger partial charge in [-0.3, -0.25) is 14.4 Å². The SMILES string of the molecule is O=C1Nc2cc(Cl)ccc2SC1CC(=O)N1CCN(C(=O)C2CCCO2)CC1. The van der Waals surface area contributed by atoms with Gasteiger partial charge in [0.25, 0.3) is 5.91 Å². The molecule has 2 unspecified atom stereocenters. The molecular weight excluding hydrogens is 402 g/mol. The van der Waals surface area contributed by atoms with Gasteiger partial charge < -0.3 is 19.9 Å². The Labute approximate surface area is 172 Å². The molecule has 150 valence electrons. The molecule has 3 amide bonds. The van der Waals surface area contributed by atoms with Crippen LogP contribution >= 0.6 is 23.4 Å². The number of ether oxygens (including phenoxy) is 1.